The number of benzene rings is 1. The van der Waals surface area contributed by atoms with Crippen molar-refractivity contribution in [2.45, 2.75) is 6.92 Å². The number of anilines is 1. The molecule has 0 aliphatic rings. The van der Waals surface area contributed by atoms with Crippen molar-refractivity contribution in [3.63, 3.8) is 0 Å². The van der Waals surface area contributed by atoms with Crippen LogP contribution >= 0.6 is 12.4 Å². The van der Waals surface area contributed by atoms with Gasteiger partial charge in [-0.15, -0.1) is 12.4 Å². The van der Waals surface area contributed by atoms with E-state index in [0.29, 0.717) is 44.3 Å². The van der Waals surface area contributed by atoms with E-state index in [4.69, 9.17) is 15.2 Å². The third kappa shape index (κ3) is 7.83. The molecule has 1 aromatic carbocycles. The third-order valence-electron chi connectivity index (χ3n) is 2.22. The lowest BCUT2D eigenvalue weighted by Crippen LogP contribution is -2.32. The van der Waals surface area contributed by atoms with Crippen LogP contribution < -0.4 is 21.1 Å². The van der Waals surface area contributed by atoms with Crippen molar-refractivity contribution in [1.82, 2.24) is 5.32 Å². The first-order valence-corrected chi connectivity index (χ1v) is 6.31. The molecule has 114 valence electrons. The number of amides is 2. The van der Waals surface area contributed by atoms with Gasteiger partial charge >= 0.3 is 6.03 Å². The summed E-state index contributed by atoms with van der Waals surface area (Å²) in [5.41, 5.74) is 5.97. The summed E-state index contributed by atoms with van der Waals surface area (Å²) >= 11 is 0. The number of halogens is 1. The van der Waals surface area contributed by atoms with E-state index in [1.54, 1.807) is 12.1 Å². The molecule has 0 spiro atoms. The number of nitrogens with one attached hydrogen (secondary N) is 2. The van der Waals surface area contributed by atoms with Crippen molar-refractivity contribution in [2.24, 2.45) is 5.73 Å². The maximum absolute atomic E-state index is 11.4. The van der Waals surface area contributed by atoms with Gasteiger partial charge in [-0.2, -0.15) is 0 Å². The molecule has 0 aromatic heterocycles. The minimum atomic E-state index is -0.281. The molecule has 0 aliphatic heterocycles. The lowest BCUT2D eigenvalue weighted by Gasteiger charge is -2.09. The maximum atomic E-state index is 11.4. The molecular formula is C13H22ClN3O3. The Morgan fingerprint density at radius 1 is 1.35 bits per heavy atom. The Labute approximate surface area is 125 Å². The first-order chi connectivity index (χ1) is 9.26. The molecule has 7 heteroatoms. The molecular weight excluding hydrogens is 282 g/mol. The number of carbonyl (C=O) groups excluding carboxylic acids is 1. The fourth-order valence-electron chi connectivity index (χ4n) is 1.39. The molecule has 0 unspecified atom stereocenters. The van der Waals surface area contributed by atoms with Crippen LogP contribution in [0.25, 0.3) is 0 Å². The third-order valence-corrected chi connectivity index (χ3v) is 2.22. The molecule has 20 heavy (non-hydrogen) atoms. The smallest absolute Gasteiger partial charge is 0.319 e. The summed E-state index contributed by atoms with van der Waals surface area (Å²) in [5.74, 6) is 0.691. The van der Waals surface area contributed by atoms with E-state index in [1.165, 1.54) is 0 Å². The van der Waals surface area contributed by atoms with E-state index < -0.39 is 0 Å². The lowest BCUT2D eigenvalue weighted by atomic mass is 10.3. The van der Waals surface area contributed by atoms with Crippen molar-refractivity contribution < 1.29 is 14.3 Å². The van der Waals surface area contributed by atoms with Gasteiger partial charge in [-0.25, -0.2) is 4.79 Å². The van der Waals surface area contributed by atoms with Gasteiger partial charge in [0.05, 0.1) is 6.61 Å². The van der Waals surface area contributed by atoms with Crippen LogP contribution in [0.1, 0.15) is 6.92 Å². The Kier molecular flexibility index (Phi) is 10.5. The van der Waals surface area contributed by atoms with Crippen LogP contribution in [0.4, 0.5) is 10.5 Å². The predicted molar refractivity (Wildman–Crippen MR) is 81.8 cm³/mol. The second kappa shape index (κ2) is 11.3. The molecule has 0 saturated carbocycles. The number of nitrogens with two attached hydrogens (primary N) is 1. The summed E-state index contributed by atoms with van der Waals surface area (Å²) in [6, 6.07) is 6.91. The number of hydrogen-bond donors (Lipinski definition) is 3. The van der Waals surface area contributed by atoms with E-state index in [2.05, 4.69) is 10.6 Å². The van der Waals surface area contributed by atoms with Crippen LogP contribution in [0.5, 0.6) is 5.75 Å². The number of carbonyl (C=O) groups is 1. The molecule has 6 nitrogen and oxygen atoms in total. The maximum Gasteiger partial charge on any atom is 0.319 e. The number of ether oxygens (including phenoxy) is 2. The van der Waals surface area contributed by atoms with Crippen molar-refractivity contribution in [2.75, 3.05) is 38.2 Å². The second-order valence-electron chi connectivity index (χ2n) is 3.74. The van der Waals surface area contributed by atoms with E-state index in [-0.39, 0.29) is 18.4 Å². The van der Waals surface area contributed by atoms with E-state index in [1.807, 2.05) is 19.1 Å². The van der Waals surface area contributed by atoms with Gasteiger partial charge < -0.3 is 25.8 Å². The van der Waals surface area contributed by atoms with E-state index >= 15 is 0 Å². The van der Waals surface area contributed by atoms with Crippen LogP contribution in [-0.2, 0) is 4.74 Å². The second-order valence-corrected chi connectivity index (χ2v) is 3.74. The van der Waals surface area contributed by atoms with Gasteiger partial charge in [0.15, 0.2) is 0 Å². The van der Waals surface area contributed by atoms with Gasteiger partial charge in [0, 0.05) is 31.5 Å². The van der Waals surface area contributed by atoms with E-state index in [9.17, 15) is 4.79 Å². The van der Waals surface area contributed by atoms with Crippen LogP contribution in [0.3, 0.4) is 0 Å². The summed E-state index contributed by atoms with van der Waals surface area (Å²) in [4.78, 5) is 11.4. The fraction of sp³-hybridized carbons (Fsp3) is 0.462. The first kappa shape index (κ1) is 18.5. The molecule has 0 heterocycles. The molecule has 0 atom stereocenters. The zero-order valence-electron chi connectivity index (χ0n) is 11.6. The largest absolute Gasteiger partial charge is 0.491 e. The van der Waals surface area contributed by atoms with Gasteiger partial charge in [0.25, 0.3) is 0 Å². The lowest BCUT2D eigenvalue weighted by molar-refractivity contribution is 0.110. The van der Waals surface area contributed by atoms with Crippen molar-refractivity contribution >= 4 is 24.1 Å². The molecule has 0 saturated heterocycles. The van der Waals surface area contributed by atoms with Gasteiger partial charge in [-0.1, -0.05) is 6.07 Å². The quantitative estimate of drug-likeness (QED) is 0.637. The Morgan fingerprint density at radius 2 is 2.15 bits per heavy atom. The summed E-state index contributed by atoms with van der Waals surface area (Å²) in [5, 5.41) is 5.33. The molecule has 0 radical (unpaired) electrons. The average molecular weight is 304 g/mol. The van der Waals surface area contributed by atoms with Crippen LogP contribution in [0.2, 0.25) is 0 Å². The van der Waals surface area contributed by atoms with Gasteiger partial charge in [-0.05, 0) is 19.1 Å². The highest BCUT2D eigenvalue weighted by Gasteiger charge is 2.01. The predicted octanol–water partition coefficient (Wildman–Crippen LogP) is 1.60. The van der Waals surface area contributed by atoms with Crippen molar-refractivity contribution in [3.05, 3.63) is 24.3 Å². The molecule has 0 aliphatic carbocycles. The fourth-order valence-corrected chi connectivity index (χ4v) is 1.39. The standard InChI is InChI=1S/C13H21N3O3.ClH/c1-2-18-8-9-19-12-5-3-4-11(10-12)16-13(17)15-7-6-14;/h3-5,10H,2,6-9,14H2,1H3,(H2,15,16,17);1H. The zero-order chi connectivity index (χ0) is 13.9. The molecule has 2 amide bonds. The van der Waals surface area contributed by atoms with Gasteiger partial charge in [-0.3, -0.25) is 0 Å². The Bertz CT molecular complexity index is 391. The topological polar surface area (TPSA) is 85.6 Å². The Hall–Kier alpha value is -1.50. The highest BCUT2D eigenvalue weighted by molar-refractivity contribution is 5.89. The number of rotatable bonds is 8. The van der Waals surface area contributed by atoms with Crippen LogP contribution in [0.15, 0.2) is 24.3 Å². The molecule has 1 aromatic rings. The number of urea groups is 1. The Balaban J connectivity index is 0.00000361. The molecule has 0 fully saturated rings. The Morgan fingerprint density at radius 3 is 2.85 bits per heavy atom. The van der Waals surface area contributed by atoms with Gasteiger partial charge in [0.1, 0.15) is 12.4 Å². The number of hydrogen-bond acceptors (Lipinski definition) is 4. The average Bonchev–Trinajstić information content (AvgIpc) is 2.42. The van der Waals surface area contributed by atoms with Crippen molar-refractivity contribution in [3.8, 4) is 5.75 Å². The highest BCUT2D eigenvalue weighted by atomic mass is 35.5. The minimum Gasteiger partial charge on any atom is -0.491 e. The van der Waals surface area contributed by atoms with Crippen molar-refractivity contribution in [1.29, 1.82) is 0 Å². The SMILES string of the molecule is CCOCCOc1cccc(NC(=O)NCCN)c1.Cl. The molecule has 4 N–H and O–H groups in total. The summed E-state index contributed by atoms with van der Waals surface area (Å²) in [6.07, 6.45) is 0. The minimum absolute atomic E-state index is 0. The molecule has 0 bridgehead atoms. The summed E-state index contributed by atoms with van der Waals surface area (Å²) in [6.45, 7) is 4.49. The normalized spacial score (nSPS) is 9.50. The molecule has 1 rings (SSSR count). The van der Waals surface area contributed by atoms with Crippen LogP contribution in [0, 0.1) is 0 Å². The highest BCUT2D eigenvalue weighted by Crippen LogP contribution is 2.17. The van der Waals surface area contributed by atoms with E-state index in [0.717, 1.165) is 0 Å². The summed E-state index contributed by atoms with van der Waals surface area (Å²) < 4.78 is 10.7. The van der Waals surface area contributed by atoms with Gasteiger partial charge in [0.2, 0.25) is 0 Å². The summed E-state index contributed by atoms with van der Waals surface area (Å²) in [7, 11) is 0. The first-order valence-electron chi connectivity index (χ1n) is 6.31. The monoisotopic (exact) mass is 303 g/mol. The zero-order valence-corrected chi connectivity index (χ0v) is 12.4. The van der Waals surface area contributed by atoms with Crippen LogP contribution in [-0.4, -0.2) is 38.9 Å².